The summed E-state index contributed by atoms with van der Waals surface area (Å²) in [7, 11) is 1.59. The van der Waals surface area contributed by atoms with Crippen molar-refractivity contribution in [3.05, 3.63) is 11.7 Å². The molecule has 0 radical (unpaired) electrons. The van der Waals surface area contributed by atoms with E-state index in [1.165, 1.54) is 0 Å². The van der Waals surface area contributed by atoms with Crippen LogP contribution in [0, 0.1) is 0 Å². The van der Waals surface area contributed by atoms with E-state index in [0.29, 0.717) is 18.3 Å². The zero-order chi connectivity index (χ0) is 9.68. The molecule has 74 valence electrons. The topological polar surface area (TPSA) is 74.2 Å². The van der Waals surface area contributed by atoms with Crippen molar-refractivity contribution in [2.45, 2.75) is 32.4 Å². The Morgan fingerprint density at radius 2 is 2.38 bits per heavy atom. The Morgan fingerprint density at radius 3 is 3.00 bits per heavy atom. The second-order valence-electron chi connectivity index (χ2n) is 2.88. The molecule has 0 saturated carbocycles. The molecule has 13 heavy (non-hydrogen) atoms. The lowest BCUT2D eigenvalue weighted by Gasteiger charge is -2.01. The van der Waals surface area contributed by atoms with E-state index in [1.54, 1.807) is 7.11 Å². The number of nitrogens with two attached hydrogens (primary N) is 1. The highest BCUT2D eigenvalue weighted by atomic mass is 16.5. The van der Waals surface area contributed by atoms with Crippen molar-refractivity contribution in [2.75, 3.05) is 7.11 Å². The molecule has 1 aromatic rings. The molecule has 0 saturated heterocycles. The number of nitrogens with zero attached hydrogens (tertiary/aromatic N) is 2. The maximum absolute atomic E-state index is 5.78. The highest BCUT2D eigenvalue weighted by Gasteiger charge is 2.13. The number of methoxy groups -OCH3 is 1. The van der Waals surface area contributed by atoms with E-state index in [1.807, 2.05) is 0 Å². The zero-order valence-corrected chi connectivity index (χ0v) is 7.99. The van der Waals surface area contributed by atoms with E-state index in [0.717, 1.165) is 12.8 Å². The SMILES string of the molecule is CCCC(N)c1nc(COC)no1. The second kappa shape index (κ2) is 4.94. The second-order valence-corrected chi connectivity index (χ2v) is 2.88. The molecule has 1 rings (SSSR count). The summed E-state index contributed by atoms with van der Waals surface area (Å²) in [6.07, 6.45) is 1.86. The maximum atomic E-state index is 5.78. The first-order chi connectivity index (χ1) is 6.27. The molecule has 1 atom stereocenters. The fourth-order valence-electron chi connectivity index (χ4n) is 1.04. The van der Waals surface area contributed by atoms with Gasteiger partial charge in [-0.3, -0.25) is 0 Å². The van der Waals surface area contributed by atoms with E-state index < -0.39 is 0 Å². The lowest BCUT2D eigenvalue weighted by atomic mass is 10.2. The third-order valence-electron chi connectivity index (χ3n) is 1.67. The molecular formula is C8H15N3O2. The predicted molar refractivity (Wildman–Crippen MR) is 46.8 cm³/mol. The van der Waals surface area contributed by atoms with Gasteiger partial charge in [-0.15, -0.1) is 0 Å². The van der Waals surface area contributed by atoms with Gasteiger partial charge >= 0.3 is 0 Å². The van der Waals surface area contributed by atoms with Crippen molar-refractivity contribution in [3.8, 4) is 0 Å². The Hall–Kier alpha value is -0.940. The van der Waals surface area contributed by atoms with Gasteiger partial charge in [-0.1, -0.05) is 18.5 Å². The van der Waals surface area contributed by atoms with Gasteiger partial charge < -0.3 is 15.0 Å². The first-order valence-corrected chi connectivity index (χ1v) is 4.35. The Labute approximate surface area is 77.3 Å². The lowest BCUT2D eigenvalue weighted by molar-refractivity contribution is 0.174. The van der Waals surface area contributed by atoms with Gasteiger partial charge in [0, 0.05) is 7.11 Å². The van der Waals surface area contributed by atoms with Crippen LogP contribution in [0.1, 0.15) is 37.5 Å². The molecule has 0 aliphatic rings. The molecule has 1 heterocycles. The Morgan fingerprint density at radius 1 is 1.62 bits per heavy atom. The third kappa shape index (κ3) is 2.78. The third-order valence-corrected chi connectivity index (χ3v) is 1.67. The van der Waals surface area contributed by atoms with Crippen molar-refractivity contribution in [3.63, 3.8) is 0 Å². The Kier molecular flexibility index (Phi) is 3.85. The molecule has 1 aromatic heterocycles. The largest absolute Gasteiger partial charge is 0.377 e. The first kappa shape index (κ1) is 10.1. The number of rotatable bonds is 5. The van der Waals surface area contributed by atoms with Gasteiger partial charge in [0.2, 0.25) is 5.89 Å². The number of aromatic nitrogens is 2. The number of hydrogen-bond acceptors (Lipinski definition) is 5. The van der Waals surface area contributed by atoms with E-state index in [4.69, 9.17) is 15.0 Å². The van der Waals surface area contributed by atoms with E-state index in [9.17, 15) is 0 Å². The zero-order valence-electron chi connectivity index (χ0n) is 7.99. The van der Waals surface area contributed by atoms with Crippen LogP contribution in [0.4, 0.5) is 0 Å². The van der Waals surface area contributed by atoms with Crippen LogP contribution >= 0.6 is 0 Å². The van der Waals surface area contributed by atoms with Gasteiger partial charge in [0.25, 0.3) is 0 Å². The van der Waals surface area contributed by atoms with E-state index in [-0.39, 0.29) is 6.04 Å². The predicted octanol–water partition coefficient (Wildman–Crippen LogP) is 1.02. The fourth-order valence-corrected chi connectivity index (χ4v) is 1.04. The van der Waals surface area contributed by atoms with Crippen molar-refractivity contribution < 1.29 is 9.26 Å². The Bertz CT molecular complexity index is 249. The van der Waals surface area contributed by atoms with Crippen molar-refractivity contribution in [2.24, 2.45) is 5.73 Å². The van der Waals surface area contributed by atoms with Gasteiger partial charge in [0.1, 0.15) is 6.61 Å². The average Bonchev–Trinajstić information content (AvgIpc) is 2.54. The molecule has 0 aliphatic heterocycles. The van der Waals surface area contributed by atoms with Crippen LogP contribution in [0.5, 0.6) is 0 Å². The summed E-state index contributed by atoms with van der Waals surface area (Å²) < 4.78 is 9.82. The molecule has 0 amide bonds. The smallest absolute Gasteiger partial charge is 0.243 e. The van der Waals surface area contributed by atoms with Gasteiger partial charge in [-0.25, -0.2) is 0 Å². The van der Waals surface area contributed by atoms with Crippen LogP contribution in [0.25, 0.3) is 0 Å². The average molecular weight is 185 g/mol. The number of ether oxygens (including phenoxy) is 1. The molecule has 1 unspecified atom stereocenters. The molecule has 0 aliphatic carbocycles. The van der Waals surface area contributed by atoms with Crippen LogP contribution in [0.2, 0.25) is 0 Å². The first-order valence-electron chi connectivity index (χ1n) is 4.35. The molecule has 5 nitrogen and oxygen atoms in total. The van der Waals surface area contributed by atoms with Crippen LogP contribution in [0.15, 0.2) is 4.52 Å². The lowest BCUT2D eigenvalue weighted by Crippen LogP contribution is -2.10. The summed E-state index contributed by atoms with van der Waals surface area (Å²) in [5.74, 6) is 1.04. The Balaban J connectivity index is 2.56. The summed E-state index contributed by atoms with van der Waals surface area (Å²) in [5, 5.41) is 3.72. The van der Waals surface area contributed by atoms with Gasteiger partial charge in [0.15, 0.2) is 5.82 Å². The minimum atomic E-state index is -0.150. The molecule has 2 N–H and O–H groups in total. The van der Waals surface area contributed by atoms with Crippen LogP contribution in [-0.2, 0) is 11.3 Å². The molecule has 0 bridgehead atoms. The standard InChI is InChI=1S/C8H15N3O2/c1-3-4-6(9)8-10-7(5-12-2)11-13-8/h6H,3-5,9H2,1-2H3. The van der Waals surface area contributed by atoms with Crippen molar-refractivity contribution >= 4 is 0 Å². The normalized spacial score (nSPS) is 13.2. The molecule has 0 aromatic carbocycles. The monoisotopic (exact) mass is 185 g/mol. The summed E-state index contributed by atoms with van der Waals surface area (Å²) in [5.41, 5.74) is 5.78. The van der Waals surface area contributed by atoms with Crippen LogP contribution < -0.4 is 5.73 Å². The van der Waals surface area contributed by atoms with E-state index in [2.05, 4.69) is 17.1 Å². The number of hydrogen-bond donors (Lipinski definition) is 1. The summed E-state index contributed by atoms with van der Waals surface area (Å²) in [4.78, 5) is 4.09. The summed E-state index contributed by atoms with van der Waals surface area (Å²) >= 11 is 0. The van der Waals surface area contributed by atoms with E-state index >= 15 is 0 Å². The highest BCUT2D eigenvalue weighted by molar-refractivity contribution is 4.90. The molecule has 0 spiro atoms. The molecular weight excluding hydrogens is 170 g/mol. The maximum Gasteiger partial charge on any atom is 0.243 e. The molecule has 0 fully saturated rings. The quantitative estimate of drug-likeness (QED) is 0.741. The summed E-state index contributed by atoms with van der Waals surface area (Å²) in [6, 6.07) is -0.150. The molecule has 5 heteroatoms. The van der Waals surface area contributed by atoms with Gasteiger partial charge in [0.05, 0.1) is 6.04 Å². The van der Waals surface area contributed by atoms with Crippen molar-refractivity contribution in [1.29, 1.82) is 0 Å². The van der Waals surface area contributed by atoms with Gasteiger partial charge in [-0.05, 0) is 6.42 Å². The minimum Gasteiger partial charge on any atom is -0.377 e. The fraction of sp³-hybridized carbons (Fsp3) is 0.750. The van der Waals surface area contributed by atoms with Crippen LogP contribution in [0.3, 0.4) is 0 Å². The summed E-state index contributed by atoms with van der Waals surface area (Å²) in [6.45, 7) is 2.43. The van der Waals surface area contributed by atoms with Gasteiger partial charge in [-0.2, -0.15) is 4.98 Å². The highest BCUT2D eigenvalue weighted by Crippen LogP contribution is 2.13. The van der Waals surface area contributed by atoms with Crippen LogP contribution in [-0.4, -0.2) is 17.3 Å². The minimum absolute atomic E-state index is 0.150. The van der Waals surface area contributed by atoms with Crippen molar-refractivity contribution in [1.82, 2.24) is 10.1 Å².